The third-order valence-electron chi connectivity index (χ3n) is 5.49. The first-order valence-corrected chi connectivity index (χ1v) is 11.2. The van der Waals surface area contributed by atoms with E-state index in [2.05, 4.69) is 23.0 Å². The molecule has 31 heavy (non-hydrogen) atoms. The number of nitrogens with zero attached hydrogens (tertiary/aromatic N) is 3. The van der Waals surface area contributed by atoms with Crippen LogP contribution in [0.2, 0.25) is 0 Å². The average molecular weight is 430 g/mol. The second-order valence-corrected chi connectivity index (χ2v) is 9.17. The van der Waals surface area contributed by atoms with Crippen LogP contribution in [0.3, 0.4) is 0 Å². The van der Waals surface area contributed by atoms with Crippen molar-refractivity contribution in [3.8, 4) is 5.75 Å². The summed E-state index contributed by atoms with van der Waals surface area (Å²) < 4.78 is 17.2. The van der Waals surface area contributed by atoms with Crippen LogP contribution in [0, 0.1) is 5.92 Å². The summed E-state index contributed by atoms with van der Waals surface area (Å²) in [5, 5.41) is 0. The molecule has 1 aliphatic heterocycles. The van der Waals surface area contributed by atoms with E-state index in [0.717, 1.165) is 30.7 Å². The van der Waals surface area contributed by atoms with Gasteiger partial charge >= 0.3 is 6.09 Å². The number of likely N-dealkylation sites (tertiary alicyclic amines) is 1. The molecule has 0 spiro atoms. The molecular weight excluding hydrogens is 394 g/mol. The maximum atomic E-state index is 12.2. The van der Waals surface area contributed by atoms with Gasteiger partial charge in [0.25, 0.3) is 0 Å². The molecule has 1 saturated carbocycles. The molecule has 2 heterocycles. The van der Waals surface area contributed by atoms with Gasteiger partial charge in [-0.1, -0.05) is 6.92 Å². The third-order valence-corrected chi connectivity index (χ3v) is 5.49. The quantitative estimate of drug-likeness (QED) is 0.411. The molecular formula is C24H35N3O4. The molecule has 1 aromatic rings. The van der Waals surface area contributed by atoms with Gasteiger partial charge in [0.05, 0.1) is 24.5 Å². The van der Waals surface area contributed by atoms with Crippen LogP contribution < -0.4 is 4.74 Å². The van der Waals surface area contributed by atoms with Crippen molar-refractivity contribution in [2.45, 2.75) is 71.4 Å². The van der Waals surface area contributed by atoms with Crippen LogP contribution >= 0.6 is 0 Å². The van der Waals surface area contributed by atoms with E-state index in [1.54, 1.807) is 23.6 Å². The van der Waals surface area contributed by atoms with Gasteiger partial charge in [-0.15, -0.1) is 0 Å². The maximum absolute atomic E-state index is 12.2. The van der Waals surface area contributed by atoms with E-state index in [-0.39, 0.29) is 12.1 Å². The Morgan fingerprint density at radius 2 is 2.13 bits per heavy atom. The number of aromatic nitrogens is 1. The van der Waals surface area contributed by atoms with Gasteiger partial charge in [-0.2, -0.15) is 0 Å². The molecule has 7 nitrogen and oxygen atoms in total. The molecule has 2 aliphatic rings. The second-order valence-electron chi connectivity index (χ2n) is 9.17. The molecule has 1 aromatic heterocycles. The Labute approximate surface area is 185 Å². The highest BCUT2D eigenvalue weighted by atomic mass is 16.6. The summed E-state index contributed by atoms with van der Waals surface area (Å²) in [5.74, 6) is 1.68. The van der Waals surface area contributed by atoms with Crippen molar-refractivity contribution in [3.63, 3.8) is 0 Å². The Hall–Kier alpha value is -2.57. The minimum atomic E-state index is -0.488. The van der Waals surface area contributed by atoms with Gasteiger partial charge in [-0.3, -0.25) is 9.98 Å². The average Bonchev–Trinajstić information content (AvgIpc) is 3.45. The number of hydrogen-bond donors (Lipinski definition) is 0. The Bertz CT molecular complexity index is 815. The van der Waals surface area contributed by atoms with Crippen molar-refractivity contribution in [2.24, 2.45) is 10.9 Å². The zero-order valence-corrected chi connectivity index (χ0v) is 19.3. The summed E-state index contributed by atoms with van der Waals surface area (Å²) >= 11 is 0. The molecule has 1 aliphatic carbocycles. The standard InChI is InChI=1S/C24H35N3O4/c1-6-19(26-7-2)15-29-14-18-11-22(18)17-10-21(13-25-12-17)30-16-20-8-9-27(20)23(28)31-24(3,4)5/h7,10,12-13,15,18,20,22H,6,8-9,11,14,16H2,1-5H3/b19-15-,26-7?. The van der Waals surface area contributed by atoms with E-state index in [9.17, 15) is 4.79 Å². The first-order valence-electron chi connectivity index (χ1n) is 11.2. The van der Waals surface area contributed by atoms with Gasteiger partial charge in [0, 0.05) is 24.9 Å². The number of ether oxygens (including phenoxy) is 3. The fraction of sp³-hybridized carbons (Fsp3) is 0.625. The number of allylic oxidation sites excluding steroid dienone is 1. The number of rotatable bonds is 9. The van der Waals surface area contributed by atoms with E-state index in [4.69, 9.17) is 14.2 Å². The highest BCUT2D eigenvalue weighted by Crippen LogP contribution is 2.48. The third kappa shape index (κ3) is 6.71. The smallest absolute Gasteiger partial charge is 0.410 e. The van der Waals surface area contributed by atoms with Gasteiger partial charge in [0.15, 0.2) is 0 Å². The molecule has 3 unspecified atom stereocenters. The highest BCUT2D eigenvalue weighted by Gasteiger charge is 2.39. The minimum absolute atomic E-state index is 0.0471. The van der Waals surface area contributed by atoms with Gasteiger partial charge in [-0.05, 0) is 64.5 Å². The van der Waals surface area contributed by atoms with E-state index in [1.165, 1.54) is 5.56 Å². The Morgan fingerprint density at radius 1 is 1.32 bits per heavy atom. The largest absolute Gasteiger partial charge is 0.499 e. The Morgan fingerprint density at radius 3 is 2.77 bits per heavy atom. The monoisotopic (exact) mass is 429 g/mol. The molecule has 0 radical (unpaired) electrons. The van der Waals surface area contributed by atoms with Crippen LogP contribution in [-0.2, 0) is 9.47 Å². The normalized spacial score (nSPS) is 23.5. The Balaban J connectivity index is 1.46. The predicted octanol–water partition coefficient (Wildman–Crippen LogP) is 4.93. The summed E-state index contributed by atoms with van der Waals surface area (Å²) in [6.07, 6.45) is 9.78. The summed E-state index contributed by atoms with van der Waals surface area (Å²) in [7, 11) is 0. The predicted molar refractivity (Wildman–Crippen MR) is 120 cm³/mol. The molecule has 0 N–H and O–H groups in total. The molecule has 2 fully saturated rings. The summed E-state index contributed by atoms with van der Waals surface area (Å²) in [5.41, 5.74) is 1.64. The first kappa shape index (κ1) is 23.1. The van der Waals surface area contributed by atoms with E-state index in [0.29, 0.717) is 31.6 Å². The van der Waals surface area contributed by atoms with Gasteiger partial charge in [-0.25, -0.2) is 4.79 Å². The van der Waals surface area contributed by atoms with E-state index >= 15 is 0 Å². The van der Waals surface area contributed by atoms with Crippen LogP contribution in [0.25, 0.3) is 0 Å². The minimum Gasteiger partial charge on any atom is -0.499 e. The lowest BCUT2D eigenvalue weighted by Crippen LogP contribution is -2.55. The fourth-order valence-corrected chi connectivity index (χ4v) is 3.56. The second kappa shape index (κ2) is 10.2. The maximum Gasteiger partial charge on any atom is 0.410 e. The molecule has 1 saturated heterocycles. The first-order chi connectivity index (χ1) is 14.8. The highest BCUT2D eigenvalue weighted by molar-refractivity contribution is 5.69. The van der Waals surface area contributed by atoms with Gasteiger partial charge in [0.2, 0.25) is 0 Å². The molecule has 3 atom stereocenters. The summed E-state index contributed by atoms with van der Waals surface area (Å²) in [6.45, 7) is 11.4. The Kier molecular flexibility index (Phi) is 7.57. The van der Waals surface area contributed by atoms with Crippen LogP contribution in [0.5, 0.6) is 5.75 Å². The van der Waals surface area contributed by atoms with E-state index in [1.807, 2.05) is 33.9 Å². The van der Waals surface area contributed by atoms with Crippen LogP contribution in [-0.4, -0.2) is 53.6 Å². The molecule has 0 bridgehead atoms. The zero-order valence-electron chi connectivity index (χ0n) is 19.3. The van der Waals surface area contributed by atoms with Gasteiger partial charge in [0.1, 0.15) is 24.2 Å². The number of carbonyl (C=O) groups is 1. The molecule has 0 aromatic carbocycles. The SMILES string of the molecule is CC=N/C(=C\OCC1CC1c1cncc(OCC2CCN2C(=O)OC(C)(C)C)c1)CC. The summed E-state index contributed by atoms with van der Waals surface area (Å²) in [6, 6.07) is 2.11. The van der Waals surface area contributed by atoms with Crippen LogP contribution in [0.4, 0.5) is 4.79 Å². The lowest BCUT2D eigenvalue weighted by Gasteiger charge is -2.40. The van der Waals surface area contributed by atoms with Crippen molar-refractivity contribution in [1.82, 2.24) is 9.88 Å². The zero-order chi connectivity index (χ0) is 22.4. The van der Waals surface area contributed by atoms with Crippen molar-refractivity contribution in [3.05, 3.63) is 36.0 Å². The lowest BCUT2D eigenvalue weighted by atomic mass is 10.1. The van der Waals surface area contributed by atoms with Crippen LogP contribution in [0.1, 0.15) is 65.4 Å². The molecule has 7 heteroatoms. The molecule has 170 valence electrons. The van der Waals surface area contributed by atoms with Crippen LogP contribution in [0.15, 0.2) is 35.4 Å². The summed E-state index contributed by atoms with van der Waals surface area (Å²) in [4.78, 5) is 22.6. The van der Waals surface area contributed by atoms with Gasteiger partial charge < -0.3 is 19.1 Å². The van der Waals surface area contributed by atoms with Crippen molar-refractivity contribution < 1.29 is 19.0 Å². The number of aliphatic imine (C=N–C) groups is 1. The lowest BCUT2D eigenvalue weighted by molar-refractivity contribution is -0.0141. The van der Waals surface area contributed by atoms with E-state index < -0.39 is 5.60 Å². The topological polar surface area (TPSA) is 73.3 Å². The van der Waals surface area contributed by atoms with Crippen molar-refractivity contribution in [1.29, 1.82) is 0 Å². The van der Waals surface area contributed by atoms with Crippen molar-refractivity contribution >= 4 is 12.3 Å². The number of carbonyl (C=O) groups excluding carboxylic acids is 1. The number of amides is 1. The number of hydrogen-bond acceptors (Lipinski definition) is 6. The molecule has 3 rings (SSSR count). The number of pyridine rings is 1. The molecule has 1 amide bonds. The fourth-order valence-electron chi connectivity index (χ4n) is 3.56. The van der Waals surface area contributed by atoms with Crippen molar-refractivity contribution in [2.75, 3.05) is 19.8 Å².